The van der Waals surface area contributed by atoms with Crippen molar-refractivity contribution in [2.75, 3.05) is 29.4 Å². The number of rotatable bonds is 4. The van der Waals surface area contributed by atoms with Crippen LogP contribution < -0.4 is 15.1 Å². The van der Waals surface area contributed by atoms with E-state index in [1.165, 1.54) is 17.9 Å². The Morgan fingerprint density at radius 2 is 2.04 bits per heavy atom. The summed E-state index contributed by atoms with van der Waals surface area (Å²) in [6.07, 6.45) is -1.06. The molecule has 0 spiro atoms. The van der Waals surface area contributed by atoms with Crippen LogP contribution in [0.25, 0.3) is 0 Å². The van der Waals surface area contributed by atoms with Crippen LogP contribution in [0.2, 0.25) is 0 Å². The van der Waals surface area contributed by atoms with Crippen molar-refractivity contribution in [3.8, 4) is 0 Å². The second-order valence-electron chi connectivity index (χ2n) is 6.82. The van der Waals surface area contributed by atoms with E-state index in [0.717, 1.165) is 0 Å². The number of ketones is 1. The standard InChI is InChI=1S/C18H22FN3O4/c1-10-8-21(11(2)17(10)24)16-5-4-13(6-15(16)19)22-9-14(26-18(22)25)7-20-12(3)23/h4-6,10-11,14H,7-9H2,1-3H3,(H,20,23). The van der Waals surface area contributed by atoms with Gasteiger partial charge in [-0.25, -0.2) is 9.18 Å². The average Bonchev–Trinajstić information content (AvgIpc) is 3.08. The van der Waals surface area contributed by atoms with Crippen LogP contribution in [0.4, 0.5) is 20.6 Å². The maximum absolute atomic E-state index is 14.7. The number of carbonyl (C=O) groups excluding carboxylic acids is 3. The van der Waals surface area contributed by atoms with Gasteiger partial charge in [-0.05, 0) is 25.1 Å². The van der Waals surface area contributed by atoms with Gasteiger partial charge in [0.1, 0.15) is 11.9 Å². The minimum atomic E-state index is -0.578. The van der Waals surface area contributed by atoms with Gasteiger partial charge in [-0.15, -0.1) is 0 Å². The molecule has 2 aliphatic rings. The molecule has 2 saturated heterocycles. The number of amides is 2. The zero-order valence-corrected chi connectivity index (χ0v) is 15.0. The van der Waals surface area contributed by atoms with Gasteiger partial charge in [0, 0.05) is 19.4 Å². The molecule has 3 rings (SSSR count). The number of carbonyl (C=O) groups is 3. The summed E-state index contributed by atoms with van der Waals surface area (Å²) in [5, 5.41) is 2.60. The van der Waals surface area contributed by atoms with Crippen LogP contribution in [-0.2, 0) is 14.3 Å². The Bertz CT molecular complexity index is 754. The summed E-state index contributed by atoms with van der Waals surface area (Å²) in [6.45, 7) is 5.90. The molecule has 0 aliphatic carbocycles. The summed E-state index contributed by atoms with van der Waals surface area (Å²) in [7, 11) is 0. The highest BCUT2D eigenvalue weighted by Gasteiger charge is 2.37. The van der Waals surface area contributed by atoms with E-state index < -0.39 is 18.0 Å². The molecule has 2 amide bonds. The molecule has 1 aromatic rings. The van der Waals surface area contributed by atoms with Crippen molar-refractivity contribution in [3.63, 3.8) is 0 Å². The zero-order chi connectivity index (χ0) is 19.0. The lowest BCUT2D eigenvalue weighted by Gasteiger charge is -2.24. The fraction of sp³-hybridized carbons (Fsp3) is 0.500. The molecule has 2 aliphatic heterocycles. The number of cyclic esters (lactones) is 1. The summed E-state index contributed by atoms with van der Waals surface area (Å²) in [5.74, 6) is -0.739. The molecule has 7 nitrogen and oxygen atoms in total. The van der Waals surface area contributed by atoms with Crippen LogP contribution in [-0.4, -0.2) is 49.6 Å². The lowest BCUT2D eigenvalue weighted by molar-refractivity contribution is -0.121. The second kappa shape index (κ2) is 6.93. The molecule has 1 aromatic carbocycles. The molecule has 3 atom stereocenters. The smallest absolute Gasteiger partial charge is 0.414 e. The van der Waals surface area contributed by atoms with E-state index >= 15 is 0 Å². The van der Waals surface area contributed by atoms with Crippen molar-refractivity contribution in [2.45, 2.75) is 32.9 Å². The van der Waals surface area contributed by atoms with Gasteiger partial charge in [-0.1, -0.05) is 6.92 Å². The molecular formula is C18H22FN3O4. The SMILES string of the molecule is CC(=O)NCC1CN(c2ccc(N3CC(C)C(=O)C3C)c(F)c2)C(=O)O1. The predicted octanol–water partition coefficient (Wildman–Crippen LogP) is 1.70. The van der Waals surface area contributed by atoms with E-state index in [-0.39, 0.29) is 36.7 Å². The first-order valence-corrected chi connectivity index (χ1v) is 8.60. The Labute approximate surface area is 151 Å². The minimum Gasteiger partial charge on any atom is -0.442 e. The van der Waals surface area contributed by atoms with E-state index in [9.17, 15) is 18.8 Å². The monoisotopic (exact) mass is 363 g/mol. The summed E-state index contributed by atoms with van der Waals surface area (Å²) in [5.41, 5.74) is 0.731. The number of nitrogens with one attached hydrogen (secondary N) is 1. The third kappa shape index (κ3) is 3.36. The van der Waals surface area contributed by atoms with E-state index in [1.807, 2.05) is 6.92 Å². The third-order valence-corrected chi connectivity index (χ3v) is 4.84. The van der Waals surface area contributed by atoms with Gasteiger partial charge >= 0.3 is 6.09 Å². The molecule has 0 bridgehead atoms. The Hall–Kier alpha value is -2.64. The Kier molecular flexibility index (Phi) is 4.84. The summed E-state index contributed by atoms with van der Waals surface area (Å²) >= 11 is 0. The van der Waals surface area contributed by atoms with Crippen LogP contribution in [0.5, 0.6) is 0 Å². The predicted molar refractivity (Wildman–Crippen MR) is 93.7 cm³/mol. The fourth-order valence-electron chi connectivity index (χ4n) is 3.41. The van der Waals surface area contributed by atoms with Gasteiger partial charge in [0.25, 0.3) is 0 Å². The molecule has 2 heterocycles. The van der Waals surface area contributed by atoms with Crippen molar-refractivity contribution in [1.29, 1.82) is 0 Å². The summed E-state index contributed by atoms with van der Waals surface area (Å²) < 4.78 is 19.9. The van der Waals surface area contributed by atoms with Gasteiger partial charge in [-0.3, -0.25) is 14.5 Å². The highest BCUT2D eigenvalue weighted by Crippen LogP contribution is 2.32. The molecular weight excluding hydrogens is 341 g/mol. The molecule has 2 fully saturated rings. The fourth-order valence-corrected chi connectivity index (χ4v) is 3.41. The largest absolute Gasteiger partial charge is 0.442 e. The Morgan fingerprint density at radius 3 is 2.62 bits per heavy atom. The Morgan fingerprint density at radius 1 is 1.31 bits per heavy atom. The lowest BCUT2D eigenvalue weighted by atomic mass is 10.1. The molecule has 140 valence electrons. The number of anilines is 2. The molecule has 0 saturated carbocycles. The van der Waals surface area contributed by atoms with Crippen molar-refractivity contribution in [3.05, 3.63) is 24.0 Å². The number of benzene rings is 1. The number of nitrogens with zero attached hydrogens (tertiary/aromatic N) is 2. The van der Waals surface area contributed by atoms with E-state index in [2.05, 4.69) is 5.32 Å². The summed E-state index contributed by atoms with van der Waals surface area (Å²) in [6, 6.07) is 4.13. The lowest BCUT2D eigenvalue weighted by Crippen LogP contribution is -2.33. The number of Topliss-reactive ketones (excluding diaryl/α,β-unsaturated/α-hetero) is 1. The number of halogens is 1. The van der Waals surface area contributed by atoms with Crippen molar-refractivity contribution >= 4 is 29.2 Å². The first kappa shape index (κ1) is 18.2. The third-order valence-electron chi connectivity index (χ3n) is 4.84. The Balaban J connectivity index is 1.75. The van der Waals surface area contributed by atoms with Gasteiger partial charge in [0.05, 0.1) is 30.5 Å². The van der Waals surface area contributed by atoms with Crippen LogP contribution in [0.3, 0.4) is 0 Å². The number of hydrogen-bond acceptors (Lipinski definition) is 5. The molecule has 1 N–H and O–H groups in total. The van der Waals surface area contributed by atoms with Crippen LogP contribution >= 0.6 is 0 Å². The van der Waals surface area contributed by atoms with Crippen LogP contribution in [0, 0.1) is 11.7 Å². The first-order chi connectivity index (χ1) is 12.3. The van der Waals surface area contributed by atoms with Gasteiger partial charge in [0.15, 0.2) is 5.78 Å². The maximum Gasteiger partial charge on any atom is 0.414 e. The maximum atomic E-state index is 14.7. The topological polar surface area (TPSA) is 79.0 Å². The highest BCUT2D eigenvalue weighted by atomic mass is 19.1. The highest BCUT2D eigenvalue weighted by molar-refractivity contribution is 5.93. The molecule has 8 heteroatoms. The molecule has 26 heavy (non-hydrogen) atoms. The van der Waals surface area contributed by atoms with Crippen LogP contribution in [0.1, 0.15) is 20.8 Å². The van der Waals surface area contributed by atoms with Gasteiger partial charge in [0.2, 0.25) is 5.91 Å². The average molecular weight is 363 g/mol. The van der Waals surface area contributed by atoms with E-state index in [4.69, 9.17) is 4.74 Å². The number of ether oxygens (including phenoxy) is 1. The van der Waals surface area contributed by atoms with Crippen molar-refractivity contribution < 1.29 is 23.5 Å². The van der Waals surface area contributed by atoms with Crippen molar-refractivity contribution in [1.82, 2.24) is 5.32 Å². The molecule has 0 radical (unpaired) electrons. The van der Waals surface area contributed by atoms with Gasteiger partial charge in [-0.2, -0.15) is 0 Å². The quantitative estimate of drug-likeness (QED) is 0.881. The van der Waals surface area contributed by atoms with Crippen molar-refractivity contribution in [2.24, 2.45) is 5.92 Å². The summed E-state index contributed by atoms with van der Waals surface area (Å²) in [4.78, 5) is 38.1. The normalized spacial score (nSPS) is 25.6. The second-order valence-corrected chi connectivity index (χ2v) is 6.82. The van der Waals surface area contributed by atoms with E-state index in [1.54, 1.807) is 24.0 Å². The minimum absolute atomic E-state index is 0.0948. The molecule has 0 aromatic heterocycles. The molecule has 3 unspecified atom stereocenters. The zero-order valence-electron chi connectivity index (χ0n) is 15.0. The number of hydrogen-bond donors (Lipinski definition) is 1. The van der Waals surface area contributed by atoms with Gasteiger partial charge < -0.3 is 15.0 Å². The van der Waals surface area contributed by atoms with Crippen LogP contribution in [0.15, 0.2) is 18.2 Å². The first-order valence-electron chi connectivity index (χ1n) is 8.60. The van der Waals surface area contributed by atoms with E-state index in [0.29, 0.717) is 17.9 Å².